The fourth-order valence-electron chi connectivity index (χ4n) is 5.33. The molecule has 0 radical (unpaired) electrons. The van der Waals surface area contributed by atoms with E-state index in [0.717, 1.165) is 38.5 Å². The van der Waals surface area contributed by atoms with E-state index in [1.165, 1.54) is 11.3 Å². The van der Waals surface area contributed by atoms with Crippen LogP contribution in [0, 0.1) is 5.92 Å². The molecule has 2 N–H and O–H groups in total. The molecule has 1 aliphatic carbocycles. The van der Waals surface area contributed by atoms with Gasteiger partial charge < -0.3 is 20.1 Å². The Morgan fingerprint density at radius 1 is 1.09 bits per heavy atom. The van der Waals surface area contributed by atoms with Gasteiger partial charge in [0.1, 0.15) is 23.9 Å². The first-order chi connectivity index (χ1) is 16.1. The number of anilines is 1. The van der Waals surface area contributed by atoms with Crippen molar-refractivity contribution >= 4 is 23.6 Å². The van der Waals surface area contributed by atoms with Crippen LogP contribution in [0.3, 0.4) is 0 Å². The van der Waals surface area contributed by atoms with Crippen molar-refractivity contribution < 1.29 is 23.9 Å². The number of rotatable bonds is 6. The van der Waals surface area contributed by atoms with Crippen molar-refractivity contribution in [1.82, 2.24) is 4.90 Å². The van der Waals surface area contributed by atoms with E-state index in [-0.39, 0.29) is 18.5 Å². The number of hydrogen-bond acceptors (Lipinski definition) is 5. The van der Waals surface area contributed by atoms with Crippen LogP contribution in [0.25, 0.3) is 0 Å². The predicted molar refractivity (Wildman–Crippen MR) is 131 cm³/mol. The summed E-state index contributed by atoms with van der Waals surface area (Å²) in [5, 5.41) is 0. The van der Waals surface area contributed by atoms with Gasteiger partial charge in [-0.05, 0) is 70.9 Å². The summed E-state index contributed by atoms with van der Waals surface area (Å²) in [4.78, 5) is 42.5. The van der Waals surface area contributed by atoms with Crippen LogP contribution < -0.4 is 15.4 Å². The quantitative estimate of drug-likeness (QED) is 0.622. The van der Waals surface area contributed by atoms with Crippen LogP contribution in [0.5, 0.6) is 5.75 Å². The molecule has 1 aromatic carbocycles. The van der Waals surface area contributed by atoms with Crippen LogP contribution in [-0.2, 0) is 14.3 Å². The Morgan fingerprint density at radius 2 is 1.79 bits per heavy atom. The average molecular weight is 474 g/mol. The van der Waals surface area contributed by atoms with E-state index in [4.69, 9.17) is 15.2 Å². The van der Waals surface area contributed by atoms with Crippen LogP contribution in [0.2, 0.25) is 0 Å². The summed E-state index contributed by atoms with van der Waals surface area (Å²) in [6.45, 7) is 5.31. The summed E-state index contributed by atoms with van der Waals surface area (Å²) in [6.07, 6.45) is 7.60. The summed E-state index contributed by atoms with van der Waals surface area (Å²) in [6, 6.07) is 5.41. The van der Waals surface area contributed by atoms with Crippen molar-refractivity contribution in [2.45, 2.75) is 89.8 Å². The van der Waals surface area contributed by atoms with Crippen molar-refractivity contribution in [3.05, 3.63) is 24.3 Å². The third kappa shape index (κ3) is 6.42. The lowest BCUT2D eigenvalue weighted by Crippen LogP contribution is -2.56. The number of benzene rings is 1. The lowest BCUT2D eigenvalue weighted by Gasteiger charge is -2.39. The van der Waals surface area contributed by atoms with Gasteiger partial charge in [0, 0.05) is 12.1 Å². The number of nitrogens with two attached hydrogens (primary N) is 1. The van der Waals surface area contributed by atoms with Gasteiger partial charge in [-0.25, -0.2) is 4.79 Å². The second-order valence-corrected chi connectivity index (χ2v) is 10.4. The minimum Gasteiger partial charge on any atom is -0.497 e. The monoisotopic (exact) mass is 473 g/mol. The Hall–Kier alpha value is -2.77. The van der Waals surface area contributed by atoms with Gasteiger partial charge in [-0.3, -0.25) is 14.5 Å². The van der Waals surface area contributed by atoms with E-state index in [0.29, 0.717) is 23.8 Å². The zero-order valence-corrected chi connectivity index (χ0v) is 20.9. The standard InChI is InChI=1S/C26H39N3O5/c1-26(2,3)34-23(30)17-28-21(18-10-6-5-7-11-18)14-9-15-22(24(28)31)29(25(27)32)19-12-8-13-20(16-19)33-4/h8,12-13,16,18,21-22H,5-7,9-11,14-15,17H2,1-4H3,(H2,27,32). The molecule has 1 saturated carbocycles. The molecule has 8 heteroatoms. The predicted octanol–water partition coefficient (Wildman–Crippen LogP) is 4.25. The van der Waals surface area contributed by atoms with E-state index in [1.807, 2.05) is 20.8 Å². The van der Waals surface area contributed by atoms with Gasteiger partial charge in [-0.1, -0.05) is 25.3 Å². The third-order valence-electron chi connectivity index (χ3n) is 6.74. The SMILES string of the molecule is COc1cccc(N(C(N)=O)C2CCCC(C3CCCCC3)N(CC(=O)OC(C)(C)C)C2=O)c1. The van der Waals surface area contributed by atoms with Crippen molar-refractivity contribution in [3.8, 4) is 5.75 Å². The Labute approximate surface area is 202 Å². The highest BCUT2D eigenvalue weighted by molar-refractivity contribution is 6.00. The fraction of sp³-hybridized carbons (Fsp3) is 0.654. The number of primary amides is 1. The second-order valence-electron chi connectivity index (χ2n) is 10.4. The highest BCUT2D eigenvalue weighted by Crippen LogP contribution is 2.35. The molecule has 1 aromatic rings. The van der Waals surface area contributed by atoms with Crippen molar-refractivity contribution in [2.75, 3.05) is 18.6 Å². The summed E-state index contributed by atoms with van der Waals surface area (Å²) in [5.74, 6) is 0.225. The number of nitrogens with zero attached hydrogens (tertiary/aromatic N) is 2. The molecule has 1 heterocycles. The second kappa shape index (κ2) is 11.1. The number of hydrogen-bond donors (Lipinski definition) is 1. The van der Waals surface area contributed by atoms with Crippen LogP contribution in [-0.4, -0.2) is 54.1 Å². The lowest BCUT2D eigenvalue weighted by atomic mass is 9.81. The Morgan fingerprint density at radius 3 is 2.41 bits per heavy atom. The zero-order chi connectivity index (χ0) is 24.9. The van der Waals surface area contributed by atoms with Crippen molar-refractivity contribution in [3.63, 3.8) is 0 Å². The number of esters is 1. The van der Waals surface area contributed by atoms with Gasteiger partial charge in [0.2, 0.25) is 5.91 Å². The largest absolute Gasteiger partial charge is 0.497 e. The molecule has 3 amide bonds. The van der Waals surface area contributed by atoms with Gasteiger partial charge in [-0.2, -0.15) is 0 Å². The van der Waals surface area contributed by atoms with Crippen LogP contribution >= 0.6 is 0 Å². The number of carbonyl (C=O) groups excluding carboxylic acids is 3. The van der Waals surface area contributed by atoms with Crippen molar-refractivity contribution in [2.24, 2.45) is 11.7 Å². The first-order valence-corrected chi connectivity index (χ1v) is 12.4. The number of methoxy groups -OCH3 is 1. The number of amides is 3. The minimum atomic E-state index is -0.791. The third-order valence-corrected chi connectivity index (χ3v) is 6.74. The van der Waals surface area contributed by atoms with Gasteiger partial charge >= 0.3 is 12.0 Å². The van der Waals surface area contributed by atoms with Gasteiger partial charge in [0.15, 0.2) is 0 Å². The van der Waals surface area contributed by atoms with Crippen LogP contribution in [0.1, 0.15) is 72.1 Å². The molecule has 1 aliphatic heterocycles. The van der Waals surface area contributed by atoms with E-state index in [9.17, 15) is 14.4 Å². The molecule has 0 aromatic heterocycles. The highest BCUT2D eigenvalue weighted by atomic mass is 16.6. The Balaban J connectivity index is 1.94. The molecular formula is C26H39N3O5. The molecular weight excluding hydrogens is 434 g/mol. The fourth-order valence-corrected chi connectivity index (χ4v) is 5.33. The summed E-state index contributed by atoms with van der Waals surface area (Å²) in [5.41, 5.74) is 5.65. The molecule has 2 unspecified atom stereocenters. The molecule has 0 bridgehead atoms. The molecule has 3 rings (SSSR count). The molecule has 0 spiro atoms. The van der Waals surface area contributed by atoms with Crippen molar-refractivity contribution in [1.29, 1.82) is 0 Å². The van der Waals surface area contributed by atoms with Gasteiger partial charge in [0.05, 0.1) is 12.8 Å². The number of ether oxygens (including phenoxy) is 2. The van der Waals surface area contributed by atoms with E-state index in [2.05, 4.69) is 0 Å². The number of likely N-dealkylation sites (tertiary alicyclic amines) is 1. The van der Waals surface area contributed by atoms with Gasteiger partial charge in [-0.15, -0.1) is 0 Å². The maximum absolute atomic E-state index is 14.0. The Bertz CT molecular complexity index is 875. The topological polar surface area (TPSA) is 102 Å². The van der Waals surface area contributed by atoms with E-state index >= 15 is 0 Å². The van der Waals surface area contributed by atoms with Crippen LogP contribution in [0.15, 0.2) is 24.3 Å². The average Bonchev–Trinajstić information content (AvgIpc) is 2.93. The molecule has 2 fully saturated rings. The molecule has 8 nitrogen and oxygen atoms in total. The normalized spacial score (nSPS) is 22.1. The Kier molecular flexibility index (Phi) is 8.44. The first-order valence-electron chi connectivity index (χ1n) is 12.4. The smallest absolute Gasteiger partial charge is 0.326 e. The summed E-state index contributed by atoms with van der Waals surface area (Å²) >= 11 is 0. The molecule has 2 atom stereocenters. The van der Waals surface area contributed by atoms with E-state index < -0.39 is 23.6 Å². The van der Waals surface area contributed by atoms with E-state index in [1.54, 1.807) is 36.3 Å². The minimum absolute atomic E-state index is 0.0506. The van der Waals surface area contributed by atoms with Crippen LogP contribution in [0.4, 0.5) is 10.5 Å². The maximum atomic E-state index is 14.0. The highest BCUT2D eigenvalue weighted by Gasteiger charge is 2.42. The van der Waals surface area contributed by atoms with Gasteiger partial charge in [0.25, 0.3) is 0 Å². The summed E-state index contributed by atoms with van der Waals surface area (Å²) in [7, 11) is 1.54. The molecule has 34 heavy (non-hydrogen) atoms. The maximum Gasteiger partial charge on any atom is 0.326 e. The molecule has 1 saturated heterocycles. The number of urea groups is 1. The molecule has 188 valence electrons. The first kappa shape index (κ1) is 25.8. The lowest BCUT2D eigenvalue weighted by molar-refractivity contribution is -0.160. The number of carbonyl (C=O) groups is 3. The summed E-state index contributed by atoms with van der Waals surface area (Å²) < 4.78 is 10.9. The zero-order valence-electron chi connectivity index (χ0n) is 20.9. The molecule has 2 aliphatic rings.